The van der Waals surface area contributed by atoms with Crippen molar-refractivity contribution in [1.29, 1.82) is 0 Å². The number of rotatable bonds is 8. The van der Waals surface area contributed by atoms with Crippen LogP contribution in [0.5, 0.6) is 11.5 Å². The molecular formula is C23H31FN2O2. The van der Waals surface area contributed by atoms with Gasteiger partial charge in [0.2, 0.25) is 0 Å². The molecule has 0 spiro atoms. The van der Waals surface area contributed by atoms with E-state index in [1.165, 1.54) is 18.4 Å². The van der Waals surface area contributed by atoms with Crippen LogP contribution in [0.25, 0.3) is 0 Å². The molecule has 0 radical (unpaired) electrons. The molecule has 1 N–H and O–H groups in total. The second-order valence-electron chi connectivity index (χ2n) is 7.89. The van der Waals surface area contributed by atoms with E-state index in [0.29, 0.717) is 11.7 Å². The average molecular weight is 387 g/mol. The van der Waals surface area contributed by atoms with Gasteiger partial charge in [-0.2, -0.15) is 0 Å². The number of hydrogen-bond acceptors (Lipinski definition) is 4. The van der Waals surface area contributed by atoms with Crippen LogP contribution in [0.1, 0.15) is 24.0 Å². The molecule has 1 saturated heterocycles. The number of ether oxygens (including phenoxy) is 1. The van der Waals surface area contributed by atoms with E-state index >= 15 is 0 Å². The molecule has 2 aromatic rings. The third-order valence-electron chi connectivity index (χ3n) is 5.50. The van der Waals surface area contributed by atoms with E-state index in [4.69, 9.17) is 4.74 Å². The lowest BCUT2D eigenvalue weighted by atomic mass is 9.97. The molecule has 4 nitrogen and oxygen atoms in total. The summed E-state index contributed by atoms with van der Waals surface area (Å²) in [5, 5.41) is 9.96. The lowest BCUT2D eigenvalue weighted by Crippen LogP contribution is -2.40. The fourth-order valence-corrected chi connectivity index (χ4v) is 4.09. The van der Waals surface area contributed by atoms with Gasteiger partial charge in [0.25, 0.3) is 0 Å². The molecule has 0 bridgehead atoms. The van der Waals surface area contributed by atoms with Crippen LogP contribution in [0.4, 0.5) is 4.39 Å². The highest BCUT2D eigenvalue weighted by Gasteiger charge is 2.21. The predicted molar refractivity (Wildman–Crippen MR) is 110 cm³/mol. The number of phenols is 1. The minimum atomic E-state index is -0.171. The fourth-order valence-electron chi connectivity index (χ4n) is 4.09. The summed E-state index contributed by atoms with van der Waals surface area (Å²) in [5.41, 5.74) is 2.28. The van der Waals surface area contributed by atoms with E-state index in [2.05, 4.69) is 16.8 Å². The van der Waals surface area contributed by atoms with Gasteiger partial charge in [-0.1, -0.05) is 18.2 Å². The van der Waals surface area contributed by atoms with E-state index in [-0.39, 0.29) is 11.6 Å². The second kappa shape index (κ2) is 9.89. The molecule has 28 heavy (non-hydrogen) atoms. The van der Waals surface area contributed by atoms with E-state index in [0.717, 1.165) is 44.7 Å². The molecule has 2 aromatic carbocycles. The molecule has 152 valence electrons. The first-order chi connectivity index (χ1) is 13.5. The maximum Gasteiger partial charge on any atom is 0.160 e. The molecule has 1 unspecified atom stereocenters. The van der Waals surface area contributed by atoms with Gasteiger partial charge >= 0.3 is 0 Å². The van der Waals surface area contributed by atoms with Gasteiger partial charge < -0.3 is 19.6 Å². The maximum absolute atomic E-state index is 13.0. The molecule has 1 aliphatic heterocycles. The molecule has 5 heteroatoms. The number of methoxy groups -OCH3 is 1. The van der Waals surface area contributed by atoms with Crippen molar-refractivity contribution in [3.8, 4) is 11.5 Å². The van der Waals surface area contributed by atoms with Crippen LogP contribution in [-0.4, -0.2) is 55.2 Å². The number of benzene rings is 2. The van der Waals surface area contributed by atoms with E-state index in [9.17, 15) is 9.50 Å². The van der Waals surface area contributed by atoms with Gasteiger partial charge in [0, 0.05) is 26.2 Å². The number of halogens is 1. The smallest absolute Gasteiger partial charge is 0.160 e. The molecular weight excluding hydrogens is 355 g/mol. The molecule has 0 amide bonds. The van der Waals surface area contributed by atoms with Gasteiger partial charge in [-0.3, -0.25) is 0 Å². The van der Waals surface area contributed by atoms with E-state index in [1.54, 1.807) is 25.3 Å². The van der Waals surface area contributed by atoms with Gasteiger partial charge in [-0.15, -0.1) is 0 Å². The molecule has 1 fully saturated rings. The number of phenolic OH excluding ortho intramolecular Hbond substituents is 1. The lowest BCUT2D eigenvalue weighted by molar-refractivity contribution is 0.142. The Hall–Kier alpha value is -2.11. The summed E-state index contributed by atoms with van der Waals surface area (Å²) in [5.74, 6) is 1.18. The van der Waals surface area contributed by atoms with Crippen LogP contribution in [-0.2, 0) is 13.0 Å². The highest BCUT2D eigenvalue weighted by atomic mass is 19.1. The van der Waals surface area contributed by atoms with Gasteiger partial charge in [0.05, 0.1) is 7.11 Å². The quantitative estimate of drug-likeness (QED) is 0.746. The standard InChI is InChI=1S/C23H31FN2O2/c1-25(15-19-7-10-23(28-2)22(27)14-19)16-20-4-3-12-26(17-20)13-11-18-5-8-21(24)9-6-18/h5-10,14,20,27H,3-4,11-13,15-17H2,1-2H3. The number of piperidine rings is 1. The van der Waals surface area contributed by atoms with Crippen molar-refractivity contribution in [2.75, 3.05) is 40.3 Å². The van der Waals surface area contributed by atoms with Crippen LogP contribution >= 0.6 is 0 Å². The minimum Gasteiger partial charge on any atom is -0.504 e. The van der Waals surface area contributed by atoms with Crippen molar-refractivity contribution in [3.05, 3.63) is 59.4 Å². The van der Waals surface area contributed by atoms with Crippen molar-refractivity contribution in [2.24, 2.45) is 5.92 Å². The molecule has 1 aliphatic rings. The van der Waals surface area contributed by atoms with Crippen molar-refractivity contribution in [2.45, 2.75) is 25.8 Å². The Balaban J connectivity index is 1.46. The van der Waals surface area contributed by atoms with Crippen molar-refractivity contribution >= 4 is 0 Å². The third kappa shape index (κ3) is 5.94. The second-order valence-corrected chi connectivity index (χ2v) is 7.89. The first-order valence-electron chi connectivity index (χ1n) is 10.0. The van der Waals surface area contributed by atoms with E-state index < -0.39 is 0 Å². The summed E-state index contributed by atoms with van der Waals surface area (Å²) in [4.78, 5) is 4.86. The maximum atomic E-state index is 13.0. The molecule has 0 aliphatic carbocycles. The summed E-state index contributed by atoms with van der Waals surface area (Å²) in [6.45, 7) is 5.13. The van der Waals surface area contributed by atoms with Crippen molar-refractivity contribution in [1.82, 2.24) is 9.80 Å². The van der Waals surface area contributed by atoms with Gasteiger partial charge in [-0.25, -0.2) is 4.39 Å². The number of aromatic hydroxyl groups is 1. The first-order valence-corrected chi connectivity index (χ1v) is 10.0. The number of hydrogen-bond donors (Lipinski definition) is 1. The molecule has 3 rings (SSSR count). The average Bonchev–Trinajstić information content (AvgIpc) is 2.68. The Morgan fingerprint density at radius 3 is 2.64 bits per heavy atom. The molecule has 0 aromatic heterocycles. The number of likely N-dealkylation sites (tertiary alicyclic amines) is 1. The van der Waals surface area contributed by atoms with E-state index in [1.807, 2.05) is 24.3 Å². The predicted octanol–water partition coefficient (Wildman–Crippen LogP) is 3.93. The van der Waals surface area contributed by atoms with Gasteiger partial charge in [0.1, 0.15) is 5.82 Å². The summed E-state index contributed by atoms with van der Waals surface area (Å²) in [7, 11) is 3.70. The topological polar surface area (TPSA) is 35.9 Å². The van der Waals surface area contributed by atoms with Gasteiger partial charge in [0.15, 0.2) is 11.5 Å². The zero-order valence-corrected chi connectivity index (χ0v) is 16.9. The monoisotopic (exact) mass is 386 g/mol. The Bertz CT molecular complexity index is 751. The summed E-state index contributed by atoms with van der Waals surface area (Å²) in [6.07, 6.45) is 3.45. The van der Waals surface area contributed by atoms with Crippen LogP contribution < -0.4 is 4.74 Å². The normalized spacial score (nSPS) is 17.8. The third-order valence-corrected chi connectivity index (χ3v) is 5.50. The van der Waals surface area contributed by atoms with Crippen LogP contribution in [0.2, 0.25) is 0 Å². The Morgan fingerprint density at radius 2 is 1.93 bits per heavy atom. The fraction of sp³-hybridized carbons (Fsp3) is 0.478. The van der Waals surface area contributed by atoms with Crippen LogP contribution in [0.3, 0.4) is 0 Å². The minimum absolute atomic E-state index is 0.171. The number of nitrogens with zero attached hydrogens (tertiary/aromatic N) is 2. The van der Waals surface area contributed by atoms with Gasteiger partial charge in [-0.05, 0) is 74.2 Å². The molecule has 0 saturated carbocycles. The Labute approximate surface area is 167 Å². The van der Waals surface area contributed by atoms with Crippen LogP contribution in [0, 0.1) is 11.7 Å². The zero-order chi connectivity index (χ0) is 19.9. The molecule has 1 heterocycles. The van der Waals surface area contributed by atoms with Crippen LogP contribution in [0.15, 0.2) is 42.5 Å². The highest BCUT2D eigenvalue weighted by Crippen LogP contribution is 2.27. The van der Waals surface area contributed by atoms with Crippen molar-refractivity contribution in [3.63, 3.8) is 0 Å². The first kappa shape index (κ1) is 20.6. The summed E-state index contributed by atoms with van der Waals surface area (Å²) < 4.78 is 18.1. The Kier molecular flexibility index (Phi) is 7.29. The molecule has 1 atom stereocenters. The largest absolute Gasteiger partial charge is 0.504 e. The Morgan fingerprint density at radius 1 is 1.18 bits per heavy atom. The van der Waals surface area contributed by atoms with Crippen molar-refractivity contribution < 1.29 is 14.2 Å². The SMILES string of the molecule is COc1ccc(CN(C)CC2CCCN(CCc3ccc(F)cc3)C2)cc1O. The lowest BCUT2D eigenvalue weighted by Gasteiger charge is -2.34. The summed E-state index contributed by atoms with van der Waals surface area (Å²) >= 11 is 0. The zero-order valence-electron chi connectivity index (χ0n) is 16.9. The summed E-state index contributed by atoms with van der Waals surface area (Å²) in [6, 6.07) is 12.5. The highest BCUT2D eigenvalue weighted by molar-refractivity contribution is 5.41.